The molecule has 2 aromatic carbocycles. The number of rotatable bonds is 6. The van der Waals surface area contributed by atoms with Gasteiger partial charge >= 0.3 is 0 Å². The third-order valence-corrected chi connectivity index (χ3v) is 4.41. The summed E-state index contributed by atoms with van der Waals surface area (Å²) in [4.78, 5) is 34.6. The largest absolute Gasteiger partial charge is 0.543 e. The number of ether oxygens (including phenoxy) is 1. The van der Waals surface area contributed by atoms with Crippen LogP contribution in [0.5, 0.6) is 5.75 Å². The van der Waals surface area contributed by atoms with Gasteiger partial charge < -0.3 is 24.5 Å². The topological polar surface area (TPSA) is 127 Å². The number of hydrogen-bond donors (Lipinski definition) is 1. The van der Waals surface area contributed by atoms with Gasteiger partial charge in [-0.1, -0.05) is 18.2 Å². The molecule has 0 saturated carbocycles. The molecule has 0 aliphatic heterocycles. The van der Waals surface area contributed by atoms with Crippen molar-refractivity contribution >= 4 is 34.2 Å². The quantitative estimate of drug-likeness (QED) is 0.510. The summed E-state index contributed by atoms with van der Waals surface area (Å²) in [5, 5.41) is 25.8. The van der Waals surface area contributed by atoms with Crippen molar-refractivity contribution in [2.45, 2.75) is 6.42 Å². The summed E-state index contributed by atoms with van der Waals surface area (Å²) >= 11 is 0. The molecule has 0 spiro atoms. The molecule has 0 atom stereocenters. The lowest BCUT2D eigenvalue weighted by molar-refractivity contribution is -0.384. The Labute approximate surface area is 159 Å². The molecule has 28 heavy (non-hydrogen) atoms. The van der Waals surface area contributed by atoms with Gasteiger partial charge in [-0.05, 0) is 17.7 Å². The van der Waals surface area contributed by atoms with Gasteiger partial charge in [0.25, 0.3) is 5.69 Å². The van der Waals surface area contributed by atoms with E-state index in [4.69, 9.17) is 4.74 Å². The number of carboxylic acids is 1. The van der Waals surface area contributed by atoms with Gasteiger partial charge in [0, 0.05) is 30.1 Å². The summed E-state index contributed by atoms with van der Waals surface area (Å²) in [6.07, 6.45) is -0.253. The Kier molecular flexibility index (Phi) is 4.99. The number of carboxylic acid groups (broad SMARTS) is 1. The molecule has 144 valence electrons. The predicted molar refractivity (Wildman–Crippen MR) is 99.2 cm³/mol. The molecule has 1 N–H and O–H groups in total. The molecular formula is C19H16N3O6-. The Morgan fingerprint density at radius 1 is 1.21 bits per heavy atom. The molecule has 1 amide bonds. The first-order valence-corrected chi connectivity index (χ1v) is 8.23. The smallest absolute Gasteiger partial charge is 0.271 e. The number of anilines is 1. The number of benzene rings is 2. The number of nitrogens with one attached hydrogen (secondary N) is 1. The molecular weight excluding hydrogens is 366 g/mol. The number of hydrogen-bond acceptors (Lipinski definition) is 6. The maximum Gasteiger partial charge on any atom is 0.271 e. The van der Waals surface area contributed by atoms with Crippen LogP contribution in [-0.2, 0) is 18.3 Å². The van der Waals surface area contributed by atoms with Crippen molar-refractivity contribution in [1.29, 1.82) is 0 Å². The molecule has 0 bridgehead atoms. The monoisotopic (exact) mass is 382 g/mol. The van der Waals surface area contributed by atoms with Gasteiger partial charge in [0.1, 0.15) is 5.75 Å². The number of non-ortho nitro benzene ring substituents is 1. The van der Waals surface area contributed by atoms with Crippen LogP contribution in [0.2, 0.25) is 0 Å². The van der Waals surface area contributed by atoms with Crippen molar-refractivity contribution in [3.05, 3.63) is 63.8 Å². The number of nitrogens with zero attached hydrogens (tertiary/aromatic N) is 2. The zero-order valence-corrected chi connectivity index (χ0v) is 15.1. The van der Waals surface area contributed by atoms with Gasteiger partial charge in [-0.3, -0.25) is 14.9 Å². The second-order valence-electron chi connectivity index (χ2n) is 6.06. The van der Waals surface area contributed by atoms with Crippen LogP contribution in [-0.4, -0.2) is 28.5 Å². The lowest BCUT2D eigenvalue weighted by atomic mass is 10.1. The minimum atomic E-state index is -1.39. The summed E-state index contributed by atoms with van der Waals surface area (Å²) in [7, 11) is 2.95. The number of aromatic carboxylic acids is 1. The number of methoxy groups -OCH3 is 1. The summed E-state index contributed by atoms with van der Waals surface area (Å²) < 4.78 is 6.58. The fraction of sp³-hybridized carbons (Fsp3) is 0.158. The van der Waals surface area contributed by atoms with E-state index in [-0.39, 0.29) is 29.2 Å². The SMILES string of the molecule is COc1ccc([N+](=O)[O-])cc1NC(=O)Cc1c(C(=O)[O-])n(C)c2ccccc12. The van der Waals surface area contributed by atoms with Crippen molar-refractivity contribution in [3.8, 4) is 5.75 Å². The normalized spacial score (nSPS) is 10.6. The highest BCUT2D eigenvalue weighted by Crippen LogP contribution is 2.30. The van der Waals surface area contributed by atoms with Crippen LogP contribution >= 0.6 is 0 Å². The van der Waals surface area contributed by atoms with Crippen molar-refractivity contribution in [2.75, 3.05) is 12.4 Å². The highest BCUT2D eigenvalue weighted by atomic mass is 16.6. The summed E-state index contributed by atoms with van der Waals surface area (Å²) in [6.45, 7) is 0. The predicted octanol–water partition coefficient (Wildman–Crippen LogP) is 1.64. The molecule has 1 aromatic heterocycles. The van der Waals surface area contributed by atoms with Gasteiger partial charge in [-0.15, -0.1) is 0 Å². The van der Waals surface area contributed by atoms with Crippen molar-refractivity contribution < 1.29 is 24.4 Å². The highest BCUT2D eigenvalue weighted by molar-refractivity contribution is 6.02. The molecule has 3 rings (SSSR count). The van der Waals surface area contributed by atoms with Gasteiger partial charge in [-0.25, -0.2) is 0 Å². The second kappa shape index (κ2) is 7.39. The molecule has 9 nitrogen and oxygen atoms in total. The maximum atomic E-state index is 12.6. The molecule has 0 radical (unpaired) electrons. The van der Waals surface area contributed by atoms with E-state index in [1.54, 1.807) is 31.3 Å². The first-order valence-electron chi connectivity index (χ1n) is 8.23. The van der Waals surface area contributed by atoms with Gasteiger partial charge in [-0.2, -0.15) is 0 Å². The second-order valence-corrected chi connectivity index (χ2v) is 6.06. The fourth-order valence-corrected chi connectivity index (χ4v) is 3.17. The molecule has 9 heteroatoms. The lowest BCUT2D eigenvalue weighted by Crippen LogP contribution is -2.27. The van der Waals surface area contributed by atoms with E-state index in [0.29, 0.717) is 16.5 Å². The minimum Gasteiger partial charge on any atom is -0.543 e. The zero-order chi connectivity index (χ0) is 20.4. The van der Waals surface area contributed by atoms with E-state index < -0.39 is 16.8 Å². The summed E-state index contributed by atoms with van der Waals surface area (Å²) in [6, 6.07) is 10.8. The van der Waals surface area contributed by atoms with E-state index in [1.165, 1.54) is 29.9 Å². The van der Waals surface area contributed by atoms with E-state index in [0.717, 1.165) is 0 Å². The average Bonchev–Trinajstić information content (AvgIpc) is 2.94. The number of amides is 1. The van der Waals surface area contributed by atoms with Gasteiger partial charge in [0.05, 0.1) is 35.8 Å². The number of para-hydroxylation sites is 1. The number of aromatic nitrogens is 1. The van der Waals surface area contributed by atoms with Crippen molar-refractivity contribution in [1.82, 2.24) is 4.57 Å². The van der Waals surface area contributed by atoms with E-state index in [1.807, 2.05) is 0 Å². The molecule has 0 aliphatic rings. The lowest BCUT2D eigenvalue weighted by Gasteiger charge is -2.11. The minimum absolute atomic E-state index is 0.0950. The van der Waals surface area contributed by atoms with Crippen molar-refractivity contribution in [2.24, 2.45) is 7.05 Å². The van der Waals surface area contributed by atoms with Gasteiger partial charge in [0.15, 0.2) is 0 Å². The molecule has 0 fully saturated rings. The number of fused-ring (bicyclic) bond motifs is 1. The molecule has 0 saturated heterocycles. The Hall–Kier alpha value is -3.88. The average molecular weight is 382 g/mol. The number of nitro groups is 1. The fourth-order valence-electron chi connectivity index (χ4n) is 3.17. The molecule has 0 unspecified atom stereocenters. The van der Waals surface area contributed by atoms with Crippen LogP contribution < -0.4 is 15.2 Å². The van der Waals surface area contributed by atoms with Crippen molar-refractivity contribution in [3.63, 3.8) is 0 Å². The number of carbonyl (C=O) groups excluding carboxylic acids is 2. The number of nitro benzene ring substituents is 1. The van der Waals surface area contributed by atoms with Crippen LogP contribution in [0.15, 0.2) is 42.5 Å². The zero-order valence-electron chi connectivity index (χ0n) is 15.1. The standard InChI is InChI=1S/C19H17N3O6/c1-21-15-6-4-3-5-12(15)13(18(21)19(24)25)10-17(23)20-14-9-11(22(26)27)7-8-16(14)28-2/h3-9H,10H2,1-2H3,(H,20,23)(H,24,25)/p-1. The van der Waals surface area contributed by atoms with E-state index in [9.17, 15) is 24.8 Å². The van der Waals surface area contributed by atoms with Gasteiger partial charge in [0.2, 0.25) is 5.91 Å². The Morgan fingerprint density at radius 2 is 1.93 bits per heavy atom. The molecule has 3 aromatic rings. The first kappa shape index (κ1) is 18.9. The van der Waals surface area contributed by atoms with E-state index >= 15 is 0 Å². The highest BCUT2D eigenvalue weighted by Gasteiger charge is 2.20. The maximum absolute atomic E-state index is 12.6. The Balaban J connectivity index is 1.97. The Bertz CT molecular complexity index is 1100. The van der Waals surface area contributed by atoms with Crippen LogP contribution in [0.25, 0.3) is 10.9 Å². The van der Waals surface area contributed by atoms with Crippen LogP contribution in [0.3, 0.4) is 0 Å². The number of carbonyl (C=O) groups is 2. The third-order valence-electron chi connectivity index (χ3n) is 4.41. The third kappa shape index (κ3) is 3.37. The Morgan fingerprint density at radius 3 is 2.57 bits per heavy atom. The summed E-state index contributed by atoms with van der Waals surface area (Å²) in [5.41, 5.74) is 0.772. The molecule has 0 aliphatic carbocycles. The van der Waals surface area contributed by atoms with E-state index in [2.05, 4.69) is 5.32 Å². The summed E-state index contributed by atoms with van der Waals surface area (Å²) in [5.74, 6) is -1.69. The van der Waals surface area contributed by atoms with Crippen LogP contribution in [0, 0.1) is 10.1 Å². The number of aryl methyl sites for hydroxylation is 1. The molecule has 1 heterocycles. The first-order chi connectivity index (χ1) is 13.3. The van der Waals surface area contributed by atoms with Crippen LogP contribution in [0.4, 0.5) is 11.4 Å². The van der Waals surface area contributed by atoms with Crippen LogP contribution in [0.1, 0.15) is 16.1 Å².